The summed E-state index contributed by atoms with van der Waals surface area (Å²) in [6.07, 6.45) is -0.0568. The third-order valence-electron chi connectivity index (χ3n) is 3.65. The molecule has 2 N–H and O–H groups in total. The van der Waals surface area contributed by atoms with Crippen LogP contribution >= 0.6 is 0 Å². The predicted molar refractivity (Wildman–Crippen MR) is 104 cm³/mol. The number of carbonyl (C=O) groups is 3. The van der Waals surface area contributed by atoms with Crippen molar-refractivity contribution in [3.8, 4) is 5.75 Å². The monoisotopic (exact) mass is 371 g/mol. The van der Waals surface area contributed by atoms with Gasteiger partial charge < -0.3 is 15.2 Å². The van der Waals surface area contributed by atoms with Gasteiger partial charge in [-0.1, -0.05) is 36.4 Å². The fourth-order valence-electron chi connectivity index (χ4n) is 2.58. The third kappa shape index (κ3) is 6.67. The molecule has 0 aliphatic rings. The molecule has 0 aliphatic carbocycles. The van der Waals surface area contributed by atoms with Crippen LogP contribution < -0.4 is 10.1 Å². The second-order valence-electron chi connectivity index (χ2n) is 5.98. The van der Waals surface area contributed by atoms with Gasteiger partial charge in [-0.05, 0) is 50.2 Å². The van der Waals surface area contributed by atoms with Crippen LogP contribution in [0.3, 0.4) is 0 Å². The minimum atomic E-state index is -1.61. The van der Waals surface area contributed by atoms with Crippen LogP contribution in [0.2, 0.25) is 0 Å². The Bertz CT molecular complexity index is 800. The highest BCUT2D eigenvalue weighted by Crippen LogP contribution is 2.27. The molecule has 0 atom stereocenters. The summed E-state index contributed by atoms with van der Waals surface area (Å²) in [5.41, 5.74) is 2.97. The number of aryl methyl sites for hydroxylation is 1. The highest BCUT2D eigenvalue weighted by Gasteiger charge is 2.22. The topological polar surface area (TPSA) is 92.7 Å². The van der Waals surface area contributed by atoms with E-state index in [4.69, 9.17) is 9.84 Å². The molecule has 0 radical (unpaired) electrons. The molecule has 0 saturated heterocycles. The average molecular weight is 371 g/mol. The van der Waals surface area contributed by atoms with Crippen LogP contribution in [0.4, 0.5) is 0 Å². The molecule has 2 aromatic carbocycles. The predicted octanol–water partition coefficient (Wildman–Crippen LogP) is 2.66. The number of nitrogens with one attached hydrogen (secondary N) is 1. The Balaban J connectivity index is 0.00000114. The molecule has 144 valence electrons. The van der Waals surface area contributed by atoms with Gasteiger partial charge in [0, 0.05) is 0 Å². The summed E-state index contributed by atoms with van der Waals surface area (Å²) in [7, 11) is 5.19. The van der Waals surface area contributed by atoms with Crippen molar-refractivity contribution in [2.75, 3.05) is 21.2 Å². The number of hydrogen-bond acceptors (Lipinski definition) is 5. The van der Waals surface area contributed by atoms with E-state index in [1.165, 1.54) is 7.11 Å². The van der Waals surface area contributed by atoms with Crippen molar-refractivity contribution in [2.24, 2.45) is 0 Å². The molecule has 0 bridgehead atoms. The zero-order chi connectivity index (χ0) is 20.4. The van der Waals surface area contributed by atoms with Crippen molar-refractivity contribution < 1.29 is 24.2 Å². The Labute approximate surface area is 159 Å². The highest BCUT2D eigenvalue weighted by molar-refractivity contribution is 6.37. The number of hydrogen-bond donors (Lipinski definition) is 2. The lowest BCUT2D eigenvalue weighted by molar-refractivity contribution is -0.148. The number of methoxy groups -OCH3 is 1. The van der Waals surface area contributed by atoms with E-state index in [0.717, 1.165) is 16.7 Å². The molecule has 0 aliphatic heterocycles. The lowest BCUT2D eigenvalue weighted by atomic mass is 9.96. The molecular formula is C21H25NO5. The van der Waals surface area contributed by atoms with E-state index >= 15 is 0 Å². The maximum Gasteiger partial charge on any atom is 0.372 e. The molecule has 0 saturated carbocycles. The summed E-state index contributed by atoms with van der Waals surface area (Å²) in [5, 5.41) is 11.4. The molecule has 6 heteroatoms. The number of carboxylic acids is 1. The quantitative estimate of drug-likeness (QED) is 0.442. The van der Waals surface area contributed by atoms with E-state index in [1.807, 2.05) is 57.4 Å². The lowest BCUT2D eigenvalue weighted by Gasteiger charge is -2.13. The lowest BCUT2D eigenvalue weighted by Crippen LogP contribution is -2.18. The molecule has 27 heavy (non-hydrogen) atoms. The Hall–Kier alpha value is -2.99. The first kappa shape index (κ1) is 22.1. The fourth-order valence-corrected chi connectivity index (χ4v) is 2.58. The van der Waals surface area contributed by atoms with Crippen LogP contribution in [-0.4, -0.2) is 43.8 Å². The van der Waals surface area contributed by atoms with Gasteiger partial charge in [0.2, 0.25) is 5.78 Å². The summed E-state index contributed by atoms with van der Waals surface area (Å²) >= 11 is 0. The van der Waals surface area contributed by atoms with Crippen molar-refractivity contribution in [2.45, 2.75) is 19.8 Å². The molecular weight excluding hydrogens is 346 g/mol. The number of carbonyl (C=O) groups excluding carboxylic acids is 2. The van der Waals surface area contributed by atoms with Gasteiger partial charge in [0.25, 0.3) is 0 Å². The molecule has 0 amide bonds. The first-order valence-corrected chi connectivity index (χ1v) is 8.43. The zero-order valence-corrected chi connectivity index (χ0v) is 16.0. The Morgan fingerprint density at radius 2 is 1.63 bits per heavy atom. The Morgan fingerprint density at radius 1 is 1.04 bits per heavy atom. The maximum atomic E-state index is 12.3. The van der Waals surface area contributed by atoms with Gasteiger partial charge in [-0.3, -0.25) is 9.59 Å². The minimum absolute atomic E-state index is 0.234. The minimum Gasteiger partial charge on any atom is -0.496 e. The number of rotatable bonds is 7. The number of benzene rings is 2. The van der Waals surface area contributed by atoms with Gasteiger partial charge in [-0.25, -0.2) is 4.79 Å². The maximum absolute atomic E-state index is 12.3. The normalized spacial score (nSPS) is 9.78. The van der Waals surface area contributed by atoms with E-state index in [0.29, 0.717) is 12.2 Å². The molecule has 0 spiro atoms. The third-order valence-corrected chi connectivity index (χ3v) is 3.65. The van der Waals surface area contributed by atoms with Gasteiger partial charge in [0.15, 0.2) is 5.78 Å². The second kappa shape index (κ2) is 10.9. The van der Waals surface area contributed by atoms with Gasteiger partial charge in [-0.2, -0.15) is 0 Å². The van der Waals surface area contributed by atoms with E-state index in [2.05, 4.69) is 5.32 Å². The molecule has 0 unspecified atom stereocenters. The molecule has 2 aromatic rings. The number of Topliss-reactive ketones (excluding diaryl/α,β-unsaturated/α-hetero) is 2. The van der Waals surface area contributed by atoms with E-state index in [-0.39, 0.29) is 5.56 Å². The summed E-state index contributed by atoms with van der Waals surface area (Å²) in [4.78, 5) is 34.3. The number of aliphatic carboxylic acids is 1. The fraction of sp³-hybridized carbons (Fsp3) is 0.286. The molecule has 0 heterocycles. The van der Waals surface area contributed by atoms with Crippen LogP contribution in [0.5, 0.6) is 5.75 Å². The van der Waals surface area contributed by atoms with Gasteiger partial charge in [-0.15, -0.1) is 0 Å². The van der Waals surface area contributed by atoms with Crippen molar-refractivity contribution in [3.05, 3.63) is 64.7 Å². The number of ether oxygens (including phenoxy) is 1. The summed E-state index contributed by atoms with van der Waals surface area (Å²) in [6, 6.07) is 13.3. The van der Waals surface area contributed by atoms with Crippen LogP contribution in [0.1, 0.15) is 33.5 Å². The van der Waals surface area contributed by atoms with Gasteiger partial charge >= 0.3 is 5.97 Å². The Morgan fingerprint density at radius 3 is 2.15 bits per heavy atom. The standard InChI is InChI=1S/C19H18O5.C2H7N/c1-12-8-14(9-13-6-4-3-5-7-13)10-15(18(12)24-2)16(20)11-17(21)19(22)23;1-3-2/h3-8,10H,9,11H2,1-2H3,(H,22,23);3H,1-2H3. The van der Waals surface area contributed by atoms with Crippen LogP contribution in [0.25, 0.3) is 0 Å². The SMILES string of the molecule is CNC.COc1c(C)cc(Cc2ccccc2)cc1C(=O)CC(=O)C(=O)O. The van der Waals surface area contributed by atoms with E-state index in [1.54, 1.807) is 6.07 Å². The number of ketones is 2. The van der Waals surface area contributed by atoms with Crippen molar-refractivity contribution in [1.82, 2.24) is 5.32 Å². The molecule has 6 nitrogen and oxygen atoms in total. The highest BCUT2D eigenvalue weighted by atomic mass is 16.5. The molecule has 2 rings (SSSR count). The zero-order valence-electron chi connectivity index (χ0n) is 16.0. The number of carboxylic acid groups (broad SMARTS) is 1. The summed E-state index contributed by atoms with van der Waals surface area (Å²) in [5.74, 6) is -2.93. The first-order chi connectivity index (χ1) is 12.8. The van der Waals surface area contributed by atoms with Crippen molar-refractivity contribution in [3.63, 3.8) is 0 Å². The van der Waals surface area contributed by atoms with Crippen LogP contribution in [0.15, 0.2) is 42.5 Å². The van der Waals surface area contributed by atoms with Gasteiger partial charge in [0.05, 0.1) is 19.1 Å². The first-order valence-electron chi connectivity index (χ1n) is 8.43. The van der Waals surface area contributed by atoms with Crippen molar-refractivity contribution in [1.29, 1.82) is 0 Å². The second-order valence-corrected chi connectivity index (χ2v) is 5.98. The smallest absolute Gasteiger partial charge is 0.372 e. The van der Waals surface area contributed by atoms with E-state index < -0.39 is 24.0 Å². The summed E-state index contributed by atoms with van der Waals surface area (Å²) < 4.78 is 5.26. The molecule has 0 fully saturated rings. The molecule has 0 aromatic heterocycles. The van der Waals surface area contributed by atoms with E-state index in [9.17, 15) is 14.4 Å². The summed E-state index contributed by atoms with van der Waals surface area (Å²) in [6.45, 7) is 1.81. The van der Waals surface area contributed by atoms with Crippen LogP contribution in [0, 0.1) is 6.92 Å². The van der Waals surface area contributed by atoms with Crippen LogP contribution in [-0.2, 0) is 16.0 Å². The average Bonchev–Trinajstić information content (AvgIpc) is 2.62. The van der Waals surface area contributed by atoms with Gasteiger partial charge in [0.1, 0.15) is 5.75 Å². The largest absolute Gasteiger partial charge is 0.496 e. The van der Waals surface area contributed by atoms with Crippen molar-refractivity contribution >= 4 is 17.5 Å². The Kier molecular flexibility index (Phi) is 8.89.